The van der Waals surface area contributed by atoms with Crippen LogP contribution in [0.2, 0.25) is 0 Å². The van der Waals surface area contributed by atoms with Crippen molar-refractivity contribution in [2.75, 3.05) is 38.3 Å². The summed E-state index contributed by atoms with van der Waals surface area (Å²) in [7, 11) is 3.89. The molecular weight excluding hydrogens is 438 g/mol. The first-order valence-corrected chi connectivity index (χ1v) is 10.9. The fourth-order valence-corrected chi connectivity index (χ4v) is 3.70. The molecule has 1 N–H and O–H groups in total. The second-order valence-corrected chi connectivity index (χ2v) is 8.33. The average molecular weight is 463 g/mol. The number of nitrogens with one attached hydrogen (secondary N) is 1. The van der Waals surface area contributed by atoms with Gasteiger partial charge < -0.3 is 9.64 Å². The minimum atomic E-state index is -0.967. The van der Waals surface area contributed by atoms with Crippen molar-refractivity contribution in [3.05, 3.63) is 65.2 Å². The second kappa shape index (κ2) is 11.1. The summed E-state index contributed by atoms with van der Waals surface area (Å²) >= 11 is 1.03. The van der Waals surface area contributed by atoms with Gasteiger partial charge in [-0.1, -0.05) is 23.9 Å². The monoisotopic (exact) mass is 462 g/mol. The van der Waals surface area contributed by atoms with Gasteiger partial charge in [0.25, 0.3) is 0 Å². The van der Waals surface area contributed by atoms with E-state index in [1.54, 1.807) is 24.3 Å². The third-order valence-corrected chi connectivity index (χ3v) is 5.40. The lowest BCUT2D eigenvalue weighted by Crippen LogP contribution is -2.29. The first-order valence-electron chi connectivity index (χ1n) is 9.96. The average Bonchev–Trinajstić information content (AvgIpc) is 2.75. The number of hydrogen-bond donors (Lipinski definition) is 1. The van der Waals surface area contributed by atoms with Crippen LogP contribution in [0.4, 0.5) is 24.1 Å². The molecule has 7 nitrogen and oxygen atoms in total. The van der Waals surface area contributed by atoms with Crippen molar-refractivity contribution in [3.63, 3.8) is 0 Å². The van der Waals surface area contributed by atoms with E-state index in [2.05, 4.69) is 10.4 Å². The highest BCUT2D eigenvalue weighted by Gasteiger charge is 2.23. The van der Waals surface area contributed by atoms with E-state index >= 15 is 0 Å². The van der Waals surface area contributed by atoms with Crippen molar-refractivity contribution in [2.24, 2.45) is 5.10 Å². The summed E-state index contributed by atoms with van der Waals surface area (Å²) in [4.78, 5) is 26.3. The maximum absolute atomic E-state index is 13.6. The standard InChI is InChI=1S/C22H24F2N4O3S/c1-27(2)9-4-10-31-21(29)25-17-6-3-5-15(11-17)13-28-22(30)32-14-20(26-28)16-7-8-18(23)19(24)12-16/h3,5-8,11-12H,4,9-10,13-14H2,1-2H3,(H,25,29). The van der Waals surface area contributed by atoms with Crippen molar-refractivity contribution in [1.29, 1.82) is 0 Å². The molecule has 0 bridgehead atoms. The van der Waals surface area contributed by atoms with E-state index in [1.807, 2.05) is 19.0 Å². The fraction of sp³-hybridized carbons (Fsp3) is 0.318. The molecule has 0 aliphatic carbocycles. The number of benzene rings is 2. The summed E-state index contributed by atoms with van der Waals surface area (Å²) in [5.74, 6) is -1.64. The lowest BCUT2D eigenvalue weighted by Gasteiger charge is -2.23. The van der Waals surface area contributed by atoms with Crippen LogP contribution >= 0.6 is 11.8 Å². The molecule has 0 spiro atoms. The van der Waals surface area contributed by atoms with E-state index in [1.165, 1.54) is 11.1 Å². The predicted molar refractivity (Wildman–Crippen MR) is 121 cm³/mol. The van der Waals surface area contributed by atoms with Crippen molar-refractivity contribution >= 4 is 34.5 Å². The number of amides is 2. The molecule has 1 heterocycles. The van der Waals surface area contributed by atoms with Crippen LogP contribution in [0.25, 0.3) is 0 Å². The van der Waals surface area contributed by atoms with E-state index in [0.29, 0.717) is 23.6 Å². The lowest BCUT2D eigenvalue weighted by molar-refractivity contribution is 0.156. The largest absolute Gasteiger partial charge is 0.449 e. The number of halogens is 2. The van der Waals surface area contributed by atoms with Crippen LogP contribution in [0.15, 0.2) is 47.6 Å². The van der Waals surface area contributed by atoms with Crippen molar-refractivity contribution in [3.8, 4) is 0 Å². The first kappa shape index (κ1) is 23.7. The normalized spacial score (nSPS) is 13.8. The Morgan fingerprint density at radius 2 is 2.03 bits per heavy atom. The fourth-order valence-electron chi connectivity index (χ4n) is 2.96. The Bertz CT molecular complexity index is 1020. The number of nitrogens with zero attached hydrogens (tertiary/aromatic N) is 3. The van der Waals surface area contributed by atoms with Gasteiger partial charge in [-0.25, -0.2) is 18.6 Å². The zero-order chi connectivity index (χ0) is 23.1. The molecule has 1 aliphatic rings. The summed E-state index contributed by atoms with van der Waals surface area (Å²) in [5.41, 5.74) is 2.16. The second-order valence-electron chi connectivity index (χ2n) is 7.41. The number of ether oxygens (including phenoxy) is 1. The summed E-state index contributed by atoms with van der Waals surface area (Å²) in [5, 5.41) is 8.01. The molecule has 0 fully saturated rings. The van der Waals surface area contributed by atoms with Gasteiger partial charge in [-0.3, -0.25) is 10.1 Å². The van der Waals surface area contributed by atoms with Crippen molar-refractivity contribution < 1.29 is 23.1 Å². The predicted octanol–water partition coefficient (Wildman–Crippen LogP) is 4.54. The molecule has 2 amide bonds. The SMILES string of the molecule is CN(C)CCCOC(=O)Nc1cccc(CN2N=C(c3ccc(F)c(F)c3)CSC2=O)c1. The molecule has 3 rings (SSSR count). The van der Waals surface area contributed by atoms with E-state index in [-0.39, 0.29) is 17.5 Å². The maximum atomic E-state index is 13.6. The van der Waals surface area contributed by atoms with Crippen LogP contribution in [0.1, 0.15) is 17.5 Å². The van der Waals surface area contributed by atoms with Gasteiger partial charge in [0.2, 0.25) is 0 Å². The minimum Gasteiger partial charge on any atom is -0.449 e. The zero-order valence-corrected chi connectivity index (χ0v) is 18.6. The van der Waals surface area contributed by atoms with Crippen molar-refractivity contribution in [1.82, 2.24) is 9.91 Å². The van der Waals surface area contributed by atoms with Gasteiger partial charge in [-0.2, -0.15) is 5.10 Å². The number of hydrazone groups is 1. The molecule has 10 heteroatoms. The molecule has 0 saturated carbocycles. The molecule has 32 heavy (non-hydrogen) atoms. The van der Waals surface area contributed by atoms with E-state index in [4.69, 9.17) is 4.74 Å². The smallest absolute Gasteiger partial charge is 0.411 e. The van der Waals surface area contributed by atoms with Gasteiger partial charge in [0.15, 0.2) is 11.6 Å². The Hall–Kier alpha value is -2.98. The number of carbonyl (C=O) groups is 2. The molecular formula is C22H24F2N4O3S. The molecule has 2 aromatic rings. The Balaban J connectivity index is 1.63. The molecule has 1 aliphatic heterocycles. The lowest BCUT2D eigenvalue weighted by atomic mass is 10.1. The number of hydrogen-bond acceptors (Lipinski definition) is 6. The van der Waals surface area contributed by atoms with Gasteiger partial charge in [-0.15, -0.1) is 0 Å². The summed E-state index contributed by atoms with van der Waals surface area (Å²) in [6.45, 7) is 1.29. The highest BCUT2D eigenvalue weighted by atomic mass is 32.2. The first-order chi connectivity index (χ1) is 15.3. The van der Waals surface area contributed by atoms with Crippen LogP contribution in [-0.4, -0.2) is 60.0 Å². The molecule has 2 aromatic carbocycles. The Morgan fingerprint density at radius 1 is 1.22 bits per heavy atom. The van der Waals surface area contributed by atoms with E-state index in [9.17, 15) is 18.4 Å². The Morgan fingerprint density at radius 3 is 2.78 bits per heavy atom. The van der Waals surface area contributed by atoms with Crippen LogP contribution in [0.5, 0.6) is 0 Å². The van der Waals surface area contributed by atoms with Gasteiger partial charge in [-0.05, 0) is 56.4 Å². The highest BCUT2D eigenvalue weighted by Crippen LogP contribution is 2.23. The molecule has 0 atom stereocenters. The topological polar surface area (TPSA) is 74.2 Å². The van der Waals surface area contributed by atoms with Crippen molar-refractivity contribution in [2.45, 2.75) is 13.0 Å². The quantitative estimate of drug-likeness (QED) is 0.583. The maximum Gasteiger partial charge on any atom is 0.411 e. The van der Waals surface area contributed by atoms with Crippen LogP contribution in [-0.2, 0) is 11.3 Å². The summed E-state index contributed by atoms with van der Waals surface area (Å²) < 4.78 is 31.9. The summed E-state index contributed by atoms with van der Waals surface area (Å²) in [6.07, 6.45) is 0.178. The Kier molecular flexibility index (Phi) is 8.18. The number of anilines is 1. The van der Waals surface area contributed by atoms with Crippen LogP contribution in [0, 0.1) is 11.6 Å². The van der Waals surface area contributed by atoms with Crippen LogP contribution in [0.3, 0.4) is 0 Å². The van der Waals surface area contributed by atoms with Gasteiger partial charge in [0.1, 0.15) is 0 Å². The number of carbonyl (C=O) groups excluding carboxylic acids is 2. The number of thioether (sulfide) groups is 1. The van der Waals surface area contributed by atoms with Gasteiger partial charge in [0.05, 0.1) is 18.9 Å². The van der Waals surface area contributed by atoms with Crippen LogP contribution < -0.4 is 5.32 Å². The molecule has 0 radical (unpaired) electrons. The molecule has 170 valence electrons. The van der Waals surface area contributed by atoms with E-state index < -0.39 is 17.7 Å². The zero-order valence-electron chi connectivity index (χ0n) is 17.8. The number of rotatable bonds is 8. The van der Waals surface area contributed by atoms with Gasteiger partial charge in [0, 0.05) is 23.5 Å². The molecule has 0 unspecified atom stereocenters. The molecule has 0 aromatic heterocycles. The summed E-state index contributed by atoms with van der Waals surface area (Å²) in [6, 6.07) is 10.5. The third-order valence-electron chi connectivity index (χ3n) is 4.53. The Labute approximate surface area is 189 Å². The highest BCUT2D eigenvalue weighted by molar-refractivity contribution is 8.14. The molecule has 0 saturated heterocycles. The minimum absolute atomic E-state index is 0.159. The van der Waals surface area contributed by atoms with E-state index in [0.717, 1.165) is 42.4 Å². The third kappa shape index (κ3) is 6.76. The van der Waals surface area contributed by atoms with Gasteiger partial charge >= 0.3 is 11.3 Å².